The van der Waals surface area contributed by atoms with Crippen LogP contribution in [0.5, 0.6) is 0 Å². The number of nitrogens with one attached hydrogen (secondary N) is 1. The number of hydrogen-bond acceptors (Lipinski definition) is 2. The maximum Gasteiger partial charge on any atom is 0.0587 e. The van der Waals surface area contributed by atoms with Crippen molar-refractivity contribution in [2.75, 3.05) is 6.61 Å². The standard InChI is InChI=1S/C18H27NO/c20-13-18(11-14-5-2-1-3-6-14)19-17-8-4-7-16(12-17)15-9-10-15/h1-3,5-6,15-20H,4,7-13H2. The summed E-state index contributed by atoms with van der Waals surface area (Å²) in [6.07, 6.45) is 9.27. The van der Waals surface area contributed by atoms with Crippen LogP contribution in [0.3, 0.4) is 0 Å². The van der Waals surface area contributed by atoms with Crippen LogP contribution in [0.25, 0.3) is 0 Å². The zero-order valence-electron chi connectivity index (χ0n) is 12.3. The third-order valence-corrected chi connectivity index (χ3v) is 5.02. The van der Waals surface area contributed by atoms with Gasteiger partial charge in [-0.05, 0) is 49.5 Å². The highest BCUT2D eigenvalue weighted by atomic mass is 16.3. The third kappa shape index (κ3) is 3.83. The van der Waals surface area contributed by atoms with Crippen molar-refractivity contribution >= 4 is 0 Å². The number of benzene rings is 1. The van der Waals surface area contributed by atoms with Gasteiger partial charge in [-0.15, -0.1) is 0 Å². The second kappa shape index (κ2) is 6.73. The van der Waals surface area contributed by atoms with Crippen LogP contribution in [0, 0.1) is 11.8 Å². The van der Waals surface area contributed by atoms with E-state index in [-0.39, 0.29) is 12.6 Å². The van der Waals surface area contributed by atoms with Crippen molar-refractivity contribution in [3.8, 4) is 0 Å². The zero-order chi connectivity index (χ0) is 13.8. The van der Waals surface area contributed by atoms with E-state index < -0.39 is 0 Å². The molecule has 2 N–H and O–H groups in total. The highest BCUT2D eigenvalue weighted by Gasteiger charge is 2.34. The van der Waals surface area contributed by atoms with Crippen molar-refractivity contribution in [3.63, 3.8) is 0 Å². The van der Waals surface area contributed by atoms with Crippen LogP contribution in [0.4, 0.5) is 0 Å². The van der Waals surface area contributed by atoms with Gasteiger partial charge in [0.05, 0.1) is 6.61 Å². The summed E-state index contributed by atoms with van der Waals surface area (Å²) >= 11 is 0. The summed E-state index contributed by atoms with van der Waals surface area (Å²) < 4.78 is 0. The SMILES string of the molecule is OCC(Cc1ccccc1)NC1CCCC(C2CC2)C1. The highest BCUT2D eigenvalue weighted by Crippen LogP contribution is 2.43. The van der Waals surface area contributed by atoms with E-state index in [9.17, 15) is 5.11 Å². The Labute approximate surface area is 122 Å². The maximum atomic E-state index is 9.64. The van der Waals surface area contributed by atoms with Gasteiger partial charge in [-0.25, -0.2) is 0 Å². The number of aliphatic hydroxyl groups is 1. The van der Waals surface area contributed by atoms with Crippen LogP contribution < -0.4 is 5.32 Å². The lowest BCUT2D eigenvalue weighted by Crippen LogP contribution is -2.44. The van der Waals surface area contributed by atoms with Crippen molar-refractivity contribution in [2.45, 2.75) is 57.0 Å². The van der Waals surface area contributed by atoms with Gasteiger partial charge in [-0.2, -0.15) is 0 Å². The molecule has 2 fully saturated rings. The molecule has 20 heavy (non-hydrogen) atoms. The molecule has 2 saturated carbocycles. The van der Waals surface area contributed by atoms with Gasteiger partial charge in [0.1, 0.15) is 0 Å². The number of rotatable bonds is 6. The summed E-state index contributed by atoms with van der Waals surface area (Å²) in [5, 5.41) is 13.4. The molecule has 0 heterocycles. The first-order chi connectivity index (χ1) is 9.85. The van der Waals surface area contributed by atoms with E-state index >= 15 is 0 Å². The Bertz CT molecular complexity index is 401. The molecule has 0 radical (unpaired) electrons. The Morgan fingerprint density at radius 1 is 1.05 bits per heavy atom. The van der Waals surface area contributed by atoms with Gasteiger partial charge in [0.15, 0.2) is 0 Å². The molecule has 1 aromatic rings. The topological polar surface area (TPSA) is 32.3 Å². The summed E-state index contributed by atoms with van der Waals surface area (Å²) in [5.41, 5.74) is 1.31. The molecule has 2 aliphatic carbocycles. The van der Waals surface area contributed by atoms with Crippen LogP contribution in [0.15, 0.2) is 30.3 Å². The molecule has 2 heteroatoms. The molecule has 2 aliphatic rings. The number of aliphatic hydroxyl groups excluding tert-OH is 1. The smallest absolute Gasteiger partial charge is 0.0587 e. The minimum Gasteiger partial charge on any atom is -0.395 e. The third-order valence-electron chi connectivity index (χ3n) is 5.02. The largest absolute Gasteiger partial charge is 0.395 e. The summed E-state index contributed by atoms with van der Waals surface area (Å²) in [7, 11) is 0. The fraction of sp³-hybridized carbons (Fsp3) is 0.667. The van der Waals surface area contributed by atoms with Crippen LogP contribution in [0.2, 0.25) is 0 Å². The Hall–Kier alpha value is -0.860. The van der Waals surface area contributed by atoms with Crippen LogP contribution in [-0.2, 0) is 6.42 Å². The van der Waals surface area contributed by atoms with E-state index in [2.05, 4.69) is 29.6 Å². The predicted molar refractivity (Wildman–Crippen MR) is 82.6 cm³/mol. The number of hydrogen-bond donors (Lipinski definition) is 2. The molecule has 3 atom stereocenters. The van der Waals surface area contributed by atoms with Crippen molar-refractivity contribution < 1.29 is 5.11 Å². The Morgan fingerprint density at radius 3 is 2.55 bits per heavy atom. The summed E-state index contributed by atoms with van der Waals surface area (Å²) in [6.45, 7) is 0.236. The fourth-order valence-corrected chi connectivity index (χ4v) is 3.78. The van der Waals surface area contributed by atoms with E-state index in [1.165, 1.54) is 44.1 Å². The fourth-order valence-electron chi connectivity index (χ4n) is 3.78. The second-order valence-electron chi connectivity index (χ2n) is 6.70. The van der Waals surface area contributed by atoms with Gasteiger partial charge < -0.3 is 10.4 Å². The highest BCUT2D eigenvalue weighted by molar-refractivity contribution is 5.16. The lowest BCUT2D eigenvalue weighted by atomic mass is 9.82. The Balaban J connectivity index is 1.51. The molecule has 3 rings (SSSR count). The van der Waals surface area contributed by atoms with Gasteiger partial charge in [-0.3, -0.25) is 0 Å². The lowest BCUT2D eigenvalue weighted by molar-refractivity contribution is 0.196. The molecular weight excluding hydrogens is 246 g/mol. The van der Waals surface area contributed by atoms with Gasteiger partial charge in [-0.1, -0.05) is 43.2 Å². The molecule has 0 spiro atoms. The lowest BCUT2D eigenvalue weighted by Gasteiger charge is -2.32. The van der Waals surface area contributed by atoms with Gasteiger partial charge in [0.2, 0.25) is 0 Å². The molecule has 1 aromatic carbocycles. The molecule has 3 unspecified atom stereocenters. The molecule has 0 saturated heterocycles. The van der Waals surface area contributed by atoms with Gasteiger partial charge in [0, 0.05) is 12.1 Å². The molecule has 110 valence electrons. The van der Waals surface area contributed by atoms with E-state index in [0.717, 1.165) is 18.3 Å². The first kappa shape index (κ1) is 14.1. The normalized spacial score (nSPS) is 28.2. The summed E-state index contributed by atoms with van der Waals surface area (Å²) in [6, 6.07) is 11.3. The average molecular weight is 273 g/mol. The molecule has 2 nitrogen and oxygen atoms in total. The molecule has 0 aliphatic heterocycles. The Morgan fingerprint density at radius 2 is 1.85 bits per heavy atom. The predicted octanol–water partition coefficient (Wildman–Crippen LogP) is 3.15. The molecule has 0 aromatic heterocycles. The molecule has 0 amide bonds. The van der Waals surface area contributed by atoms with Crippen molar-refractivity contribution in [2.24, 2.45) is 11.8 Å². The van der Waals surface area contributed by atoms with Crippen molar-refractivity contribution in [1.82, 2.24) is 5.32 Å². The second-order valence-corrected chi connectivity index (χ2v) is 6.70. The van der Waals surface area contributed by atoms with E-state index in [1.54, 1.807) is 0 Å². The van der Waals surface area contributed by atoms with E-state index in [4.69, 9.17) is 0 Å². The van der Waals surface area contributed by atoms with Gasteiger partial charge in [0.25, 0.3) is 0 Å². The molecule has 0 bridgehead atoms. The van der Waals surface area contributed by atoms with Crippen LogP contribution >= 0.6 is 0 Å². The molecular formula is C18H27NO. The van der Waals surface area contributed by atoms with Crippen LogP contribution in [0.1, 0.15) is 44.1 Å². The monoisotopic (exact) mass is 273 g/mol. The summed E-state index contributed by atoms with van der Waals surface area (Å²) in [5.74, 6) is 1.98. The van der Waals surface area contributed by atoms with E-state index in [1.807, 2.05) is 6.07 Å². The zero-order valence-corrected chi connectivity index (χ0v) is 12.3. The first-order valence-electron chi connectivity index (χ1n) is 8.26. The first-order valence-corrected chi connectivity index (χ1v) is 8.26. The quantitative estimate of drug-likeness (QED) is 0.834. The minimum absolute atomic E-state index is 0.209. The van der Waals surface area contributed by atoms with Crippen LogP contribution in [-0.4, -0.2) is 23.8 Å². The minimum atomic E-state index is 0.209. The summed E-state index contributed by atoms with van der Waals surface area (Å²) in [4.78, 5) is 0. The van der Waals surface area contributed by atoms with Crippen molar-refractivity contribution in [3.05, 3.63) is 35.9 Å². The van der Waals surface area contributed by atoms with E-state index in [0.29, 0.717) is 6.04 Å². The van der Waals surface area contributed by atoms with Gasteiger partial charge >= 0.3 is 0 Å². The average Bonchev–Trinajstić information content (AvgIpc) is 3.33. The maximum absolute atomic E-state index is 9.64. The Kier molecular flexibility index (Phi) is 4.74. The van der Waals surface area contributed by atoms with Crippen molar-refractivity contribution in [1.29, 1.82) is 0 Å².